The maximum absolute atomic E-state index is 12.0. The summed E-state index contributed by atoms with van der Waals surface area (Å²) >= 11 is 0. The van der Waals surface area contributed by atoms with Crippen LogP contribution in [0.15, 0.2) is 30.0 Å². The molecule has 0 radical (unpaired) electrons. The van der Waals surface area contributed by atoms with Crippen molar-refractivity contribution >= 4 is 23.3 Å². The van der Waals surface area contributed by atoms with Crippen LogP contribution in [0.5, 0.6) is 0 Å². The molecule has 1 aromatic carbocycles. The van der Waals surface area contributed by atoms with Gasteiger partial charge < -0.3 is 33.0 Å². The second-order valence-corrected chi connectivity index (χ2v) is 5.74. The van der Waals surface area contributed by atoms with Gasteiger partial charge >= 0.3 is 5.97 Å². The molecule has 0 aliphatic heterocycles. The third kappa shape index (κ3) is 8.01. The van der Waals surface area contributed by atoms with E-state index in [1.54, 1.807) is 0 Å². The van der Waals surface area contributed by atoms with Gasteiger partial charge in [0.2, 0.25) is 0 Å². The highest BCUT2D eigenvalue weighted by Crippen LogP contribution is 2.22. The van der Waals surface area contributed by atoms with Crippen LogP contribution in [0.2, 0.25) is 0 Å². The SMILES string of the molecule is CCN(CC)c1ccc(N/C=C(/C#N)C(=O)NCCCC(=O)O)c(C)c1.[Cl-]. The zero-order valence-electron chi connectivity index (χ0n) is 15.9. The van der Waals surface area contributed by atoms with Crippen LogP contribution in [0.25, 0.3) is 0 Å². The minimum absolute atomic E-state index is 0. The van der Waals surface area contributed by atoms with Crippen molar-refractivity contribution in [2.24, 2.45) is 0 Å². The minimum atomic E-state index is -0.916. The highest BCUT2D eigenvalue weighted by Gasteiger charge is 2.09. The first kappa shape index (κ1) is 24.3. The lowest BCUT2D eigenvalue weighted by molar-refractivity contribution is -0.137. The second kappa shape index (κ2) is 12.6. The lowest BCUT2D eigenvalue weighted by Crippen LogP contribution is -3.00. The number of anilines is 2. The Kier molecular flexibility index (Phi) is 11.3. The largest absolute Gasteiger partial charge is 1.00 e. The number of carbonyl (C=O) groups is 2. The number of carboxylic acids is 1. The van der Waals surface area contributed by atoms with E-state index in [9.17, 15) is 9.59 Å². The number of amides is 1. The average Bonchev–Trinajstić information content (AvgIpc) is 2.61. The summed E-state index contributed by atoms with van der Waals surface area (Å²) in [7, 11) is 0. The van der Waals surface area contributed by atoms with Crippen molar-refractivity contribution in [3.63, 3.8) is 0 Å². The van der Waals surface area contributed by atoms with Crippen molar-refractivity contribution in [1.29, 1.82) is 5.26 Å². The topological polar surface area (TPSA) is 105 Å². The normalized spacial score (nSPS) is 10.4. The van der Waals surface area contributed by atoms with Crippen LogP contribution in [0.1, 0.15) is 32.3 Å². The summed E-state index contributed by atoms with van der Waals surface area (Å²) in [5.74, 6) is -1.44. The van der Waals surface area contributed by atoms with Gasteiger partial charge in [-0.05, 0) is 51.0 Å². The van der Waals surface area contributed by atoms with E-state index >= 15 is 0 Å². The summed E-state index contributed by atoms with van der Waals surface area (Å²) in [6, 6.07) is 7.82. The molecule has 0 aliphatic carbocycles. The van der Waals surface area contributed by atoms with E-state index in [-0.39, 0.29) is 30.9 Å². The molecule has 148 valence electrons. The number of hydrogen-bond acceptors (Lipinski definition) is 5. The molecule has 0 saturated heterocycles. The highest BCUT2D eigenvalue weighted by atomic mass is 35.5. The van der Waals surface area contributed by atoms with Gasteiger partial charge in [0.25, 0.3) is 5.91 Å². The Bertz CT molecular complexity index is 709. The number of rotatable bonds is 10. The molecule has 0 fully saturated rings. The average molecular weight is 394 g/mol. The van der Waals surface area contributed by atoms with Crippen LogP contribution in [-0.2, 0) is 9.59 Å². The summed E-state index contributed by atoms with van der Waals surface area (Å²) in [5, 5.41) is 23.3. The van der Waals surface area contributed by atoms with E-state index in [0.717, 1.165) is 30.0 Å². The monoisotopic (exact) mass is 393 g/mol. The van der Waals surface area contributed by atoms with Gasteiger partial charge in [0.1, 0.15) is 11.6 Å². The third-order valence-corrected chi connectivity index (χ3v) is 3.93. The van der Waals surface area contributed by atoms with Gasteiger partial charge in [-0.25, -0.2) is 0 Å². The smallest absolute Gasteiger partial charge is 0.303 e. The molecular weight excluding hydrogens is 368 g/mol. The molecule has 7 nitrogen and oxygen atoms in total. The summed E-state index contributed by atoms with van der Waals surface area (Å²) < 4.78 is 0. The number of aliphatic carboxylic acids is 1. The second-order valence-electron chi connectivity index (χ2n) is 5.74. The predicted octanol–water partition coefficient (Wildman–Crippen LogP) is -0.354. The van der Waals surface area contributed by atoms with E-state index in [1.807, 2.05) is 25.1 Å². The number of nitrogens with one attached hydrogen (secondary N) is 2. The Labute approximate surface area is 166 Å². The molecule has 0 spiro atoms. The number of carbonyl (C=O) groups excluding carboxylic acids is 1. The lowest BCUT2D eigenvalue weighted by Gasteiger charge is -2.22. The van der Waals surface area contributed by atoms with E-state index in [2.05, 4.69) is 35.4 Å². The molecule has 1 rings (SSSR count). The zero-order chi connectivity index (χ0) is 19.5. The molecule has 0 atom stereocenters. The molecule has 0 unspecified atom stereocenters. The van der Waals surface area contributed by atoms with Gasteiger partial charge in [0.05, 0.1) is 0 Å². The fourth-order valence-electron chi connectivity index (χ4n) is 2.43. The first-order chi connectivity index (χ1) is 12.4. The molecule has 1 amide bonds. The number of nitriles is 1. The molecule has 3 N–H and O–H groups in total. The van der Waals surface area contributed by atoms with Crippen molar-refractivity contribution < 1.29 is 27.1 Å². The van der Waals surface area contributed by atoms with Crippen molar-refractivity contribution in [3.8, 4) is 6.07 Å². The van der Waals surface area contributed by atoms with Gasteiger partial charge in [-0.3, -0.25) is 9.59 Å². The maximum Gasteiger partial charge on any atom is 0.303 e. The highest BCUT2D eigenvalue weighted by molar-refractivity contribution is 5.97. The van der Waals surface area contributed by atoms with Crippen LogP contribution in [-0.4, -0.2) is 36.6 Å². The summed E-state index contributed by atoms with van der Waals surface area (Å²) in [6.07, 6.45) is 1.66. The molecule has 0 heterocycles. The molecule has 0 aromatic heterocycles. The summed E-state index contributed by atoms with van der Waals surface area (Å²) in [6.45, 7) is 8.21. The van der Waals surface area contributed by atoms with Gasteiger partial charge in [0.15, 0.2) is 0 Å². The van der Waals surface area contributed by atoms with Gasteiger partial charge in [-0.1, -0.05) is 0 Å². The third-order valence-electron chi connectivity index (χ3n) is 3.93. The molecule has 0 aliphatic rings. The first-order valence-corrected chi connectivity index (χ1v) is 8.65. The fraction of sp³-hybridized carbons (Fsp3) is 0.421. The van der Waals surface area contributed by atoms with Crippen LogP contribution < -0.4 is 27.9 Å². The number of hydrogen-bond donors (Lipinski definition) is 3. The molecular formula is C19H26ClN4O3-. The van der Waals surface area contributed by atoms with Crippen LogP contribution in [0, 0.1) is 18.3 Å². The van der Waals surface area contributed by atoms with Crippen LogP contribution in [0.4, 0.5) is 11.4 Å². The number of carboxylic acid groups (broad SMARTS) is 1. The molecule has 27 heavy (non-hydrogen) atoms. The van der Waals surface area contributed by atoms with Gasteiger partial charge in [-0.15, -0.1) is 0 Å². The molecule has 0 bridgehead atoms. The maximum atomic E-state index is 12.0. The first-order valence-electron chi connectivity index (χ1n) is 8.65. The van der Waals surface area contributed by atoms with E-state index in [1.165, 1.54) is 6.20 Å². The van der Waals surface area contributed by atoms with Crippen molar-refractivity contribution in [2.45, 2.75) is 33.6 Å². The summed E-state index contributed by atoms with van der Waals surface area (Å²) in [4.78, 5) is 24.6. The van der Waals surface area contributed by atoms with Crippen LogP contribution in [0.3, 0.4) is 0 Å². The fourth-order valence-corrected chi connectivity index (χ4v) is 2.43. The number of nitrogens with zero attached hydrogens (tertiary/aromatic N) is 2. The summed E-state index contributed by atoms with van der Waals surface area (Å²) in [5.41, 5.74) is 2.88. The Morgan fingerprint density at radius 1 is 1.30 bits per heavy atom. The molecule has 0 saturated carbocycles. The number of benzene rings is 1. The molecule has 1 aromatic rings. The quantitative estimate of drug-likeness (QED) is 0.285. The standard InChI is InChI=1S/C19H26N4O3.ClH/c1-4-23(5-2)16-8-9-17(14(3)11-16)22-13-15(12-20)19(26)21-10-6-7-18(24)25;/h8-9,11,13,22H,4-7,10H2,1-3H3,(H,21,26)(H,24,25);1H/p-1/b15-13-;. The molecule has 8 heteroatoms. The Hall–Kier alpha value is -2.72. The Morgan fingerprint density at radius 2 is 1.96 bits per heavy atom. The van der Waals surface area contributed by atoms with E-state index in [4.69, 9.17) is 10.4 Å². The van der Waals surface area contributed by atoms with E-state index in [0.29, 0.717) is 6.42 Å². The van der Waals surface area contributed by atoms with Crippen molar-refractivity contribution in [1.82, 2.24) is 5.32 Å². The number of aryl methyl sites for hydroxylation is 1. The van der Waals surface area contributed by atoms with Crippen molar-refractivity contribution in [2.75, 3.05) is 29.9 Å². The lowest BCUT2D eigenvalue weighted by atomic mass is 10.1. The minimum Gasteiger partial charge on any atom is -1.00 e. The van der Waals surface area contributed by atoms with E-state index < -0.39 is 11.9 Å². The Balaban J connectivity index is 0.00000676. The van der Waals surface area contributed by atoms with Gasteiger partial charge in [-0.2, -0.15) is 5.26 Å². The van der Waals surface area contributed by atoms with Crippen molar-refractivity contribution in [3.05, 3.63) is 35.5 Å². The zero-order valence-corrected chi connectivity index (χ0v) is 16.6. The van der Waals surface area contributed by atoms with Gasteiger partial charge in [0, 0.05) is 43.6 Å². The van der Waals surface area contributed by atoms with Crippen LogP contribution >= 0.6 is 0 Å². The Morgan fingerprint density at radius 3 is 2.48 bits per heavy atom. The predicted molar refractivity (Wildman–Crippen MR) is 102 cm³/mol. The number of halogens is 1.